The molecule has 31 heavy (non-hydrogen) atoms. The Bertz CT molecular complexity index is 1180. The van der Waals surface area contributed by atoms with Gasteiger partial charge in [-0.05, 0) is 69.4 Å². The van der Waals surface area contributed by atoms with Gasteiger partial charge in [0, 0.05) is 40.4 Å². The fourth-order valence-electron chi connectivity index (χ4n) is 4.35. The Morgan fingerprint density at radius 1 is 1.19 bits per heavy atom. The molecule has 0 saturated carbocycles. The number of methoxy groups -OCH3 is 1. The third-order valence-corrected chi connectivity index (χ3v) is 6.01. The molecule has 0 bridgehead atoms. The minimum absolute atomic E-state index is 0.146. The number of hydrogen-bond donors (Lipinski definition) is 1. The number of rotatable bonds is 2. The molecule has 1 aliphatic rings. The lowest BCUT2D eigenvalue weighted by Gasteiger charge is -2.15. The van der Waals surface area contributed by atoms with Gasteiger partial charge in [0.05, 0.1) is 18.2 Å². The predicted octanol–water partition coefficient (Wildman–Crippen LogP) is 5.56. The Labute approximate surface area is 188 Å². The molecule has 1 aromatic carbocycles. The number of aromatic nitrogens is 2. The number of amides is 1. The van der Waals surface area contributed by atoms with E-state index in [1.54, 1.807) is 13.2 Å². The third kappa shape index (κ3) is 4.19. The second-order valence-corrected chi connectivity index (χ2v) is 8.75. The fourth-order valence-corrected chi connectivity index (χ4v) is 4.56. The summed E-state index contributed by atoms with van der Waals surface area (Å²) in [6.07, 6.45) is 9.10. The minimum Gasteiger partial charge on any atom is -0.481 e. The summed E-state index contributed by atoms with van der Waals surface area (Å²) in [5, 5.41) is 4.61. The summed E-state index contributed by atoms with van der Waals surface area (Å²) in [4.78, 5) is 17.9. The van der Waals surface area contributed by atoms with E-state index in [1.807, 2.05) is 13.0 Å². The molecule has 6 heteroatoms. The smallest absolute Gasteiger partial charge is 0.252 e. The van der Waals surface area contributed by atoms with Gasteiger partial charge in [-0.15, -0.1) is 0 Å². The highest BCUT2D eigenvalue weighted by atomic mass is 35.5. The summed E-state index contributed by atoms with van der Waals surface area (Å²) in [5.41, 5.74) is 5.70. The lowest BCUT2D eigenvalue weighted by molar-refractivity contribution is 0.0952. The summed E-state index contributed by atoms with van der Waals surface area (Å²) in [6, 6.07) is 6.06. The lowest BCUT2D eigenvalue weighted by atomic mass is 10.0. The highest BCUT2D eigenvalue weighted by Gasteiger charge is 2.20. The Balaban J connectivity index is 1.85. The van der Waals surface area contributed by atoms with Crippen molar-refractivity contribution < 1.29 is 9.53 Å². The molecule has 3 aromatic rings. The highest BCUT2D eigenvalue weighted by molar-refractivity contribution is 6.32. The number of nitrogens with zero attached hydrogens (tertiary/aromatic N) is 2. The van der Waals surface area contributed by atoms with Gasteiger partial charge in [0.25, 0.3) is 5.91 Å². The van der Waals surface area contributed by atoms with Crippen molar-refractivity contribution in [1.29, 1.82) is 0 Å². The van der Waals surface area contributed by atoms with Crippen molar-refractivity contribution in [3.63, 3.8) is 0 Å². The molecule has 3 heterocycles. The monoisotopic (exact) mass is 437 g/mol. The zero-order valence-corrected chi connectivity index (χ0v) is 19.2. The van der Waals surface area contributed by atoms with Gasteiger partial charge in [-0.3, -0.25) is 4.79 Å². The maximum absolute atomic E-state index is 13.3. The molecule has 0 radical (unpaired) electrons. The Hall–Kier alpha value is -2.79. The average molecular weight is 438 g/mol. The maximum atomic E-state index is 13.3. The molecule has 0 aliphatic carbocycles. The first-order chi connectivity index (χ1) is 14.9. The summed E-state index contributed by atoms with van der Waals surface area (Å²) in [7, 11) is 1.62. The second-order valence-electron chi connectivity index (χ2n) is 8.31. The molecule has 162 valence electrons. The van der Waals surface area contributed by atoms with Crippen LogP contribution in [0.4, 0.5) is 0 Å². The van der Waals surface area contributed by atoms with Crippen LogP contribution in [0.15, 0.2) is 36.5 Å². The van der Waals surface area contributed by atoms with Gasteiger partial charge in [0.15, 0.2) is 0 Å². The van der Waals surface area contributed by atoms with E-state index in [0.29, 0.717) is 23.0 Å². The fraction of sp³-hybridized carbons (Fsp3) is 0.360. The summed E-state index contributed by atoms with van der Waals surface area (Å²) < 4.78 is 7.73. The van der Waals surface area contributed by atoms with Gasteiger partial charge in [-0.1, -0.05) is 23.8 Å². The van der Waals surface area contributed by atoms with Crippen molar-refractivity contribution in [3.8, 4) is 5.88 Å². The van der Waals surface area contributed by atoms with Crippen LogP contribution in [0.5, 0.6) is 5.88 Å². The topological polar surface area (TPSA) is 56.1 Å². The van der Waals surface area contributed by atoms with Gasteiger partial charge in [0.2, 0.25) is 5.88 Å². The number of halogens is 1. The summed E-state index contributed by atoms with van der Waals surface area (Å²) in [6.45, 7) is 6.58. The van der Waals surface area contributed by atoms with Crippen LogP contribution in [-0.2, 0) is 19.4 Å². The predicted molar refractivity (Wildman–Crippen MR) is 125 cm³/mol. The molecule has 2 aromatic heterocycles. The van der Waals surface area contributed by atoms with E-state index >= 15 is 0 Å². The van der Waals surface area contributed by atoms with E-state index in [0.717, 1.165) is 52.5 Å². The number of pyridine rings is 1. The molecule has 0 atom stereocenters. The number of carbonyl (C=O) groups excluding carboxylic acids is 1. The molecule has 0 fully saturated rings. The van der Waals surface area contributed by atoms with Crippen LogP contribution in [0.2, 0.25) is 5.02 Å². The van der Waals surface area contributed by atoms with E-state index in [2.05, 4.69) is 53.1 Å². The summed E-state index contributed by atoms with van der Waals surface area (Å²) in [5.74, 6) is 0.420. The standard InChI is InChI=1S/C25H28ClN3O2/c1-15(2)29-14-18-9-7-5-6-8-17-10-16(3)28-25(31-4)21(17)13-27-24(30)20-11-19(26)12-22(29)23(18)20/h5,7,10-12,14-15H,6,8-9,13H2,1-4H3,(H,27,30). The van der Waals surface area contributed by atoms with Crippen LogP contribution >= 0.6 is 11.6 Å². The third-order valence-electron chi connectivity index (χ3n) is 5.79. The first kappa shape index (κ1) is 21.4. The number of aryl methyl sites for hydroxylation is 2. The minimum atomic E-state index is -0.146. The second kappa shape index (κ2) is 8.75. The van der Waals surface area contributed by atoms with Crippen LogP contribution in [0.25, 0.3) is 10.9 Å². The van der Waals surface area contributed by atoms with Crippen molar-refractivity contribution in [2.75, 3.05) is 7.11 Å². The molecule has 1 aliphatic heterocycles. The van der Waals surface area contributed by atoms with Gasteiger partial charge in [-0.25, -0.2) is 4.98 Å². The van der Waals surface area contributed by atoms with Crippen LogP contribution < -0.4 is 10.1 Å². The largest absolute Gasteiger partial charge is 0.481 e. The molecule has 0 spiro atoms. The normalized spacial score (nSPS) is 14.6. The average Bonchev–Trinajstić information content (AvgIpc) is 3.09. The molecule has 0 saturated heterocycles. The highest BCUT2D eigenvalue weighted by Crippen LogP contribution is 2.32. The maximum Gasteiger partial charge on any atom is 0.252 e. The zero-order chi connectivity index (χ0) is 22.1. The number of hydrogen-bond acceptors (Lipinski definition) is 3. The van der Waals surface area contributed by atoms with Crippen molar-refractivity contribution in [2.45, 2.75) is 52.6 Å². The number of fused-ring (bicyclic) bond motifs is 1. The van der Waals surface area contributed by atoms with Crippen LogP contribution in [0, 0.1) is 6.92 Å². The first-order valence-electron chi connectivity index (χ1n) is 10.7. The van der Waals surface area contributed by atoms with E-state index < -0.39 is 0 Å². The Morgan fingerprint density at radius 3 is 2.74 bits per heavy atom. The molecular formula is C25H28ClN3O2. The van der Waals surface area contributed by atoms with Crippen LogP contribution in [0.3, 0.4) is 0 Å². The number of benzene rings is 1. The van der Waals surface area contributed by atoms with Crippen molar-refractivity contribution in [2.24, 2.45) is 0 Å². The SMILES string of the molecule is COc1nc(C)cc2c1CNC(=O)c1cc(Cl)cc3c1c(cn3C(C)C)CC=CCC2. The first-order valence-corrected chi connectivity index (χ1v) is 11.1. The molecule has 4 rings (SSSR count). The zero-order valence-electron chi connectivity index (χ0n) is 18.5. The summed E-state index contributed by atoms with van der Waals surface area (Å²) >= 11 is 6.44. The van der Waals surface area contributed by atoms with E-state index in [4.69, 9.17) is 16.3 Å². The number of carbonyl (C=O) groups is 1. The number of ether oxygens (including phenoxy) is 1. The van der Waals surface area contributed by atoms with Gasteiger partial charge in [-0.2, -0.15) is 0 Å². The molecule has 1 amide bonds. The van der Waals surface area contributed by atoms with Crippen molar-refractivity contribution in [3.05, 3.63) is 69.5 Å². The molecule has 0 unspecified atom stereocenters. The Morgan fingerprint density at radius 2 is 2.00 bits per heavy atom. The van der Waals surface area contributed by atoms with Gasteiger partial charge in [0.1, 0.15) is 0 Å². The van der Waals surface area contributed by atoms with Gasteiger partial charge >= 0.3 is 0 Å². The Kier molecular flexibility index (Phi) is 6.05. The molecule has 5 nitrogen and oxygen atoms in total. The quantitative estimate of drug-likeness (QED) is 0.534. The van der Waals surface area contributed by atoms with E-state index in [-0.39, 0.29) is 11.9 Å². The number of nitrogens with one attached hydrogen (secondary N) is 1. The van der Waals surface area contributed by atoms with Crippen LogP contribution in [-0.4, -0.2) is 22.6 Å². The molecule has 1 N–H and O–H groups in total. The van der Waals surface area contributed by atoms with E-state index in [1.165, 1.54) is 0 Å². The lowest BCUT2D eigenvalue weighted by Crippen LogP contribution is -2.24. The van der Waals surface area contributed by atoms with Crippen molar-refractivity contribution in [1.82, 2.24) is 14.9 Å². The van der Waals surface area contributed by atoms with Crippen molar-refractivity contribution >= 4 is 28.4 Å². The molecular weight excluding hydrogens is 410 g/mol. The van der Waals surface area contributed by atoms with E-state index in [9.17, 15) is 4.79 Å². The van der Waals surface area contributed by atoms with Crippen LogP contribution in [0.1, 0.15) is 59.1 Å². The number of allylic oxidation sites excluding steroid dienone is 2. The van der Waals surface area contributed by atoms with Gasteiger partial charge < -0.3 is 14.6 Å².